The number of carbonyl (C=O) groups excluding carboxylic acids is 1. The molecular weight excluding hydrogens is 627 g/mol. The number of ether oxygens (including phenoxy) is 5. The number of allylic oxidation sites excluding steroid dienone is 1. The van der Waals surface area contributed by atoms with Crippen molar-refractivity contribution in [3.8, 4) is 34.8 Å². The molecule has 46 heavy (non-hydrogen) atoms. The van der Waals surface area contributed by atoms with Gasteiger partial charge in [-0.1, -0.05) is 54.7 Å². The van der Waals surface area contributed by atoms with Gasteiger partial charge in [-0.25, -0.2) is 4.79 Å². The van der Waals surface area contributed by atoms with Gasteiger partial charge < -0.3 is 29.4 Å². The van der Waals surface area contributed by atoms with E-state index in [1.54, 1.807) is 66.7 Å². The zero-order valence-electron chi connectivity index (χ0n) is 25.3. The standard InChI is InChI=1S/C36H32Cl2N2O6/c1-3-5-16-43-26-11-7-22(8-12-26)36(41)45-27-13-14-28-32(19-27)46-35(40)29(20-39)34(28)23-9-15-31(33(17-23)42-4-2)44-21-24-6-10-25(37)18-30(24)38/h6-15,17-19,34H,3-5,16,21,40H2,1-2H3. The predicted octanol–water partition coefficient (Wildman–Crippen LogP) is 8.59. The van der Waals surface area contributed by atoms with Crippen LogP contribution < -0.4 is 29.4 Å². The summed E-state index contributed by atoms with van der Waals surface area (Å²) >= 11 is 12.3. The summed E-state index contributed by atoms with van der Waals surface area (Å²) in [7, 11) is 0. The van der Waals surface area contributed by atoms with Crippen molar-refractivity contribution >= 4 is 29.2 Å². The van der Waals surface area contributed by atoms with Crippen LogP contribution in [0.15, 0.2) is 90.3 Å². The maximum atomic E-state index is 12.9. The molecule has 0 saturated heterocycles. The molecule has 0 radical (unpaired) electrons. The number of halogens is 2. The van der Waals surface area contributed by atoms with Gasteiger partial charge in [-0.05, 0) is 73.5 Å². The Morgan fingerprint density at radius 2 is 1.70 bits per heavy atom. The lowest BCUT2D eigenvalue weighted by molar-refractivity contribution is 0.0734. The Kier molecular flexibility index (Phi) is 10.6. The summed E-state index contributed by atoms with van der Waals surface area (Å²) in [5.41, 5.74) is 9.01. The van der Waals surface area contributed by atoms with Crippen molar-refractivity contribution in [3.05, 3.63) is 123 Å². The third kappa shape index (κ3) is 7.51. The van der Waals surface area contributed by atoms with E-state index in [2.05, 4.69) is 13.0 Å². The van der Waals surface area contributed by atoms with Gasteiger partial charge in [0.1, 0.15) is 35.5 Å². The lowest BCUT2D eigenvalue weighted by atomic mass is 9.83. The average molecular weight is 660 g/mol. The molecule has 5 rings (SSSR count). The minimum Gasteiger partial charge on any atom is -0.494 e. The summed E-state index contributed by atoms with van der Waals surface area (Å²) < 4.78 is 29.1. The maximum absolute atomic E-state index is 12.9. The molecule has 0 aliphatic carbocycles. The van der Waals surface area contributed by atoms with Crippen LogP contribution in [-0.2, 0) is 6.61 Å². The molecule has 1 aliphatic rings. The van der Waals surface area contributed by atoms with E-state index in [-0.39, 0.29) is 23.8 Å². The van der Waals surface area contributed by atoms with Crippen LogP contribution in [0.3, 0.4) is 0 Å². The van der Waals surface area contributed by atoms with Crippen molar-refractivity contribution in [2.45, 2.75) is 39.2 Å². The van der Waals surface area contributed by atoms with E-state index in [4.69, 9.17) is 52.6 Å². The summed E-state index contributed by atoms with van der Waals surface area (Å²) in [6.07, 6.45) is 1.99. The summed E-state index contributed by atoms with van der Waals surface area (Å²) in [6, 6.07) is 24.6. The number of benzene rings is 4. The number of nitrogens with zero attached hydrogens (tertiary/aromatic N) is 1. The molecule has 4 aromatic carbocycles. The van der Waals surface area contributed by atoms with Gasteiger partial charge in [-0.3, -0.25) is 0 Å². The Hall–Kier alpha value is -4.84. The molecule has 1 heterocycles. The van der Waals surface area contributed by atoms with E-state index in [1.165, 1.54) is 0 Å². The van der Waals surface area contributed by atoms with Gasteiger partial charge in [0.15, 0.2) is 11.5 Å². The van der Waals surface area contributed by atoms with Gasteiger partial charge in [0.2, 0.25) is 5.88 Å². The van der Waals surface area contributed by atoms with Gasteiger partial charge in [0.25, 0.3) is 0 Å². The number of hydrogen-bond donors (Lipinski definition) is 1. The third-order valence-corrected chi connectivity index (χ3v) is 7.84. The number of fused-ring (bicyclic) bond motifs is 1. The summed E-state index contributed by atoms with van der Waals surface area (Å²) in [5.74, 6) is 1.15. The zero-order valence-corrected chi connectivity index (χ0v) is 26.9. The highest BCUT2D eigenvalue weighted by Gasteiger charge is 2.32. The zero-order chi connectivity index (χ0) is 32.6. The summed E-state index contributed by atoms with van der Waals surface area (Å²) in [6.45, 7) is 5.16. The fourth-order valence-corrected chi connectivity index (χ4v) is 5.38. The molecule has 0 aromatic heterocycles. The SMILES string of the molecule is CCCCOc1ccc(C(=O)Oc2ccc3c(c2)OC(N)=C(C#N)C3c2ccc(OCc3ccc(Cl)cc3Cl)c(OCC)c2)cc1. The number of rotatable bonds is 12. The molecule has 10 heteroatoms. The van der Waals surface area contributed by atoms with Crippen LogP contribution >= 0.6 is 23.2 Å². The van der Waals surface area contributed by atoms with E-state index >= 15 is 0 Å². The van der Waals surface area contributed by atoms with Crippen LogP contribution in [0.5, 0.6) is 28.7 Å². The van der Waals surface area contributed by atoms with Crippen LogP contribution in [0, 0.1) is 11.3 Å². The molecule has 8 nitrogen and oxygen atoms in total. The Labute approximate surface area is 277 Å². The molecule has 1 atom stereocenters. The van der Waals surface area contributed by atoms with Crippen LogP contribution in [0.1, 0.15) is 59.7 Å². The van der Waals surface area contributed by atoms with Crippen LogP contribution in [0.2, 0.25) is 10.0 Å². The van der Waals surface area contributed by atoms with Crippen molar-refractivity contribution < 1.29 is 28.5 Å². The van der Waals surface area contributed by atoms with Crippen LogP contribution in [0.4, 0.5) is 0 Å². The fraction of sp³-hybridized carbons (Fsp3) is 0.222. The quantitative estimate of drug-likeness (QED) is 0.0914. The number of hydrogen-bond acceptors (Lipinski definition) is 8. The maximum Gasteiger partial charge on any atom is 0.343 e. The first-order valence-electron chi connectivity index (χ1n) is 14.8. The van der Waals surface area contributed by atoms with Crippen molar-refractivity contribution in [3.63, 3.8) is 0 Å². The van der Waals surface area contributed by atoms with E-state index in [1.807, 2.05) is 19.1 Å². The molecule has 0 bridgehead atoms. The Balaban J connectivity index is 1.38. The molecule has 236 valence electrons. The molecule has 1 unspecified atom stereocenters. The largest absolute Gasteiger partial charge is 0.494 e. The lowest BCUT2D eigenvalue weighted by Gasteiger charge is -2.27. The van der Waals surface area contributed by atoms with Gasteiger partial charge in [0.05, 0.1) is 24.7 Å². The number of esters is 1. The second kappa shape index (κ2) is 15.0. The van der Waals surface area contributed by atoms with Crippen molar-refractivity contribution in [2.75, 3.05) is 13.2 Å². The second-order valence-corrected chi connectivity index (χ2v) is 11.2. The normalized spacial score (nSPS) is 13.7. The summed E-state index contributed by atoms with van der Waals surface area (Å²) in [5, 5.41) is 11.1. The molecule has 1 aliphatic heterocycles. The topological polar surface area (TPSA) is 113 Å². The number of carbonyl (C=O) groups is 1. The first-order chi connectivity index (χ1) is 22.3. The molecule has 0 spiro atoms. The van der Waals surface area contributed by atoms with Gasteiger partial charge in [0, 0.05) is 27.2 Å². The molecule has 2 N–H and O–H groups in total. The monoisotopic (exact) mass is 658 g/mol. The number of nitriles is 1. The second-order valence-electron chi connectivity index (χ2n) is 10.4. The molecule has 0 amide bonds. The van der Waals surface area contributed by atoms with E-state index in [0.29, 0.717) is 57.4 Å². The first kappa shape index (κ1) is 32.6. The summed E-state index contributed by atoms with van der Waals surface area (Å²) in [4.78, 5) is 12.9. The average Bonchev–Trinajstić information content (AvgIpc) is 3.04. The minimum absolute atomic E-state index is 0.0437. The number of nitrogens with two attached hydrogens (primary N) is 1. The Morgan fingerprint density at radius 3 is 2.41 bits per heavy atom. The smallest absolute Gasteiger partial charge is 0.343 e. The molecule has 4 aromatic rings. The van der Waals surface area contributed by atoms with Crippen LogP contribution in [-0.4, -0.2) is 19.2 Å². The molecule has 0 saturated carbocycles. The Morgan fingerprint density at radius 1 is 0.913 bits per heavy atom. The van der Waals surface area contributed by atoms with E-state index < -0.39 is 11.9 Å². The molecule has 0 fully saturated rings. The van der Waals surface area contributed by atoms with E-state index in [0.717, 1.165) is 24.0 Å². The van der Waals surface area contributed by atoms with Crippen molar-refractivity contribution in [1.82, 2.24) is 0 Å². The van der Waals surface area contributed by atoms with Gasteiger partial charge in [-0.2, -0.15) is 5.26 Å². The van der Waals surface area contributed by atoms with Gasteiger partial charge in [-0.15, -0.1) is 0 Å². The predicted molar refractivity (Wildman–Crippen MR) is 176 cm³/mol. The number of unbranched alkanes of at least 4 members (excludes halogenated alkanes) is 1. The van der Waals surface area contributed by atoms with Gasteiger partial charge >= 0.3 is 5.97 Å². The van der Waals surface area contributed by atoms with Crippen LogP contribution in [0.25, 0.3) is 0 Å². The highest BCUT2D eigenvalue weighted by molar-refractivity contribution is 6.35. The highest BCUT2D eigenvalue weighted by Crippen LogP contribution is 2.45. The first-order valence-corrected chi connectivity index (χ1v) is 15.6. The lowest BCUT2D eigenvalue weighted by Crippen LogP contribution is -2.21. The fourth-order valence-electron chi connectivity index (χ4n) is 4.92. The van der Waals surface area contributed by atoms with Crippen molar-refractivity contribution in [1.29, 1.82) is 5.26 Å². The third-order valence-electron chi connectivity index (χ3n) is 7.26. The Bertz CT molecular complexity index is 1800. The van der Waals surface area contributed by atoms with E-state index in [9.17, 15) is 10.1 Å². The highest BCUT2D eigenvalue weighted by atomic mass is 35.5. The molecular formula is C36H32Cl2N2O6. The van der Waals surface area contributed by atoms with Crippen molar-refractivity contribution in [2.24, 2.45) is 5.73 Å². The minimum atomic E-state index is -0.572.